The largest absolute Gasteiger partial charge is 0.459 e. The number of hydrogen-bond acceptors (Lipinski definition) is 5. The summed E-state index contributed by atoms with van der Waals surface area (Å²) < 4.78 is 7.27. The van der Waals surface area contributed by atoms with Crippen LogP contribution in [-0.4, -0.2) is 26.6 Å². The molecule has 0 amide bonds. The summed E-state index contributed by atoms with van der Waals surface area (Å²) in [5.74, 6) is -0.132. The van der Waals surface area contributed by atoms with E-state index >= 15 is 0 Å². The Hall–Kier alpha value is -3.41. The number of nitrogens with two attached hydrogens (primary N) is 1. The molecular weight excluding hydrogens is 352 g/mol. The minimum Gasteiger partial charge on any atom is -0.459 e. The van der Waals surface area contributed by atoms with Gasteiger partial charge in [-0.1, -0.05) is 42.5 Å². The van der Waals surface area contributed by atoms with E-state index in [0.29, 0.717) is 29.0 Å². The van der Waals surface area contributed by atoms with Gasteiger partial charge >= 0.3 is 5.97 Å². The molecule has 6 nitrogen and oxygen atoms in total. The van der Waals surface area contributed by atoms with Crippen LogP contribution in [0.4, 0.5) is 5.82 Å². The van der Waals surface area contributed by atoms with Crippen LogP contribution >= 0.6 is 0 Å². The molecule has 0 fully saturated rings. The van der Waals surface area contributed by atoms with Gasteiger partial charge in [-0.2, -0.15) is 0 Å². The Labute approximate surface area is 163 Å². The molecule has 142 valence electrons. The minimum absolute atomic E-state index is 0.247. The number of benzene rings is 2. The van der Waals surface area contributed by atoms with Crippen LogP contribution < -0.4 is 5.73 Å². The van der Waals surface area contributed by atoms with Crippen LogP contribution in [0.2, 0.25) is 0 Å². The number of ether oxygens (including phenoxy) is 1. The summed E-state index contributed by atoms with van der Waals surface area (Å²) in [5.41, 5.74) is 10.4. The van der Waals surface area contributed by atoms with Crippen molar-refractivity contribution in [2.24, 2.45) is 0 Å². The lowest BCUT2D eigenvalue weighted by molar-refractivity contribution is 0.0381. The Bertz CT molecular complexity index is 1150. The molecule has 0 radical (unpaired) electrons. The normalized spacial score (nSPS) is 11.4. The van der Waals surface area contributed by atoms with Crippen molar-refractivity contribution in [3.8, 4) is 0 Å². The average Bonchev–Trinajstić information content (AvgIpc) is 2.95. The van der Waals surface area contributed by atoms with Crippen LogP contribution in [0.1, 0.15) is 29.8 Å². The minimum atomic E-state index is -0.472. The molecule has 0 aliphatic carbocycles. The number of nitrogen functional groups attached to an aromatic ring is 1. The van der Waals surface area contributed by atoms with Gasteiger partial charge in [-0.15, -0.1) is 0 Å². The first-order valence-electron chi connectivity index (χ1n) is 9.34. The highest BCUT2D eigenvalue weighted by atomic mass is 16.5. The number of hydrogen-bond donors (Lipinski definition) is 1. The number of para-hydroxylation sites is 2. The number of esters is 1. The highest BCUT2D eigenvalue weighted by molar-refractivity contribution is 6.08. The summed E-state index contributed by atoms with van der Waals surface area (Å²) in [6.07, 6.45) is 0.519. The van der Waals surface area contributed by atoms with Gasteiger partial charge < -0.3 is 15.0 Å². The maximum absolute atomic E-state index is 12.7. The Morgan fingerprint density at radius 1 is 1.04 bits per heavy atom. The zero-order valence-corrected chi connectivity index (χ0v) is 15.9. The fourth-order valence-electron chi connectivity index (χ4n) is 3.30. The topological polar surface area (TPSA) is 83.0 Å². The first kappa shape index (κ1) is 18.0. The molecule has 2 aromatic heterocycles. The maximum Gasteiger partial charge on any atom is 0.344 e. The smallest absolute Gasteiger partial charge is 0.344 e. The van der Waals surface area contributed by atoms with E-state index in [-0.39, 0.29) is 11.7 Å². The molecule has 0 bridgehead atoms. The summed E-state index contributed by atoms with van der Waals surface area (Å²) >= 11 is 0. The summed E-state index contributed by atoms with van der Waals surface area (Å²) in [6.45, 7) is 4.21. The molecule has 2 heterocycles. The van der Waals surface area contributed by atoms with Gasteiger partial charge in [0.05, 0.1) is 17.1 Å². The predicted molar refractivity (Wildman–Crippen MR) is 110 cm³/mol. The quantitative estimate of drug-likeness (QED) is 0.534. The lowest BCUT2D eigenvalue weighted by Gasteiger charge is -2.09. The molecule has 0 saturated carbocycles. The third kappa shape index (κ3) is 3.29. The molecule has 0 aliphatic rings. The van der Waals surface area contributed by atoms with Crippen molar-refractivity contribution in [3.05, 3.63) is 65.7 Å². The number of aryl methyl sites for hydroxylation is 2. The second kappa shape index (κ2) is 7.31. The van der Waals surface area contributed by atoms with Gasteiger partial charge in [0.15, 0.2) is 5.65 Å². The van der Waals surface area contributed by atoms with Gasteiger partial charge in [0.1, 0.15) is 16.9 Å². The second-order valence-corrected chi connectivity index (χ2v) is 6.99. The predicted octanol–water partition coefficient (Wildman–Crippen LogP) is 3.97. The number of aromatic nitrogens is 3. The summed E-state index contributed by atoms with van der Waals surface area (Å²) in [4.78, 5) is 22.2. The van der Waals surface area contributed by atoms with Crippen molar-refractivity contribution in [1.82, 2.24) is 14.5 Å². The number of carbonyl (C=O) groups is 1. The van der Waals surface area contributed by atoms with E-state index in [4.69, 9.17) is 15.5 Å². The lowest BCUT2D eigenvalue weighted by atomic mass is 10.1. The molecule has 0 spiro atoms. The van der Waals surface area contributed by atoms with Crippen LogP contribution in [0.3, 0.4) is 0 Å². The molecule has 6 heteroatoms. The van der Waals surface area contributed by atoms with Crippen molar-refractivity contribution in [1.29, 1.82) is 0 Å². The van der Waals surface area contributed by atoms with Crippen molar-refractivity contribution in [2.45, 2.75) is 32.9 Å². The van der Waals surface area contributed by atoms with E-state index in [2.05, 4.69) is 17.1 Å². The molecule has 0 aliphatic heterocycles. The van der Waals surface area contributed by atoms with Crippen LogP contribution in [0, 0.1) is 0 Å². The van der Waals surface area contributed by atoms with Gasteiger partial charge in [0, 0.05) is 6.54 Å². The summed E-state index contributed by atoms with van der Waals surface area (Å²) in [7, 11) is 0. The number of fused-ring (bicyclic) bond motifs is 2. The maximum atomic E-state index is 12.7. The van der Waals surface area contributed by atoms with Gasteiger partial charge in [-0.25, -0.2) is 14.8 Å². The van der Waals surface area contributed by atoms with E-state index in [0.717, 1.165) is 11.9 Å². The first-order chi connectivity index (χ1) is 13.5. The fourth-order valence-corrected chi connectivity index (χ4v) is 3.30. The number of anilines is 1. The van der Waals surface area contributed by atoms with E-state index in [1.165, 1.54) is 5.56 Å². The van der Waals surface area contributed by atoms with Crippen molar-refractivity contribution >= 4 is 34.0 Å². The van der Waals surface area contributed by atoms with Crippen molar-refractivity contribution in [3.63, 3.8) is 0 Å². The molecule has 0 saturated heterocycles. The van der Waals surface area contributed by atoms with Crippen LogP contribution in [0.25, 0.3) is 22.2 Å². The zero-order chi connectivity index (χ0) is 19.7. The average molecular weight is 374 g/mol. The monoisotopic (exact) mass is 374 g/mol. The van der Waals surface area contributed by atoms with E-state index in [9.17, 15) is 4.79 Å². The van der Waals surface area contributed by atoms with E-state index in [1.54, 1.807) is 0 Å². The molecule has 0 unspecified atom stereocenters. The third-order valence-electron chi connectivity index (χ3n) is 4.61. The number of carbonyl (C=O) groups excluding carboxylic acids is 1. The first-order valence-corrected chi connectivity index (χ1v) is 9.34. The van der Waals surface area contributed by atoms with Crippen molar-refractivity contribution < 1.29 is 9.53 Å². The van der Waals surface area contributed by atoms with Crippen LogP contribution in [-0.2, 0) is 17.7 Å². The van der Waals surface area contributed by atoms with E-state index < -0.39 is 5.97 Å². The summed E-state index contributed by atoms with van der Waals surface area (Å²) in [5, 5.41) is 0. The molecule has 0 atom stereocenters. The lowest BCUT2D eigenvalue weighted by Crippen LogP contribution is -2.14. The molecule has 2 N–H and O–H groups in total. The molecule has 2 aromatic carbocycles. The highest BCUT2D eigenvalue weighted by Crippen LogP contribution is 2.29. The molecule has 4 aromatic rings. The van der Waals surface area contributed by atoms with Gasteiger partial charge in [0.2, 0.25) is 0 Å². The molecule has 28 heavy (non-hydrogen) atoms. The Morgan fingerprint density at radius 2 is 1.68 bits per heavy atom. The van der Waals surface area contributed by atoms with Crippen LogP contribution in [0.15, 0.2) is 54.6 Å². The molecular formula is C22H22N4O2. The fraction of sp³-hybridized carbons (Fsp3) is 0.227. The zero-order valence-electron chi connectivity index (χ0n) is 15.9. The Balaban J connectivity index is 1.86. The number of nitrogens with zero attached hydrogens (tertiary/aromatic N) is 3. The van der Waals surface area contributed by atoms with Gasteiger partial charge in [-0.3, -0.25) is 0 Å². The second-order valence-electron chi connectivity index (χ2n) is 6.99. The Morgan fingerprint density at radius 3 is 2.36 bits per heavy atom. The summed E-state index contributed by atoms with van der Waals surface area (Å²) in [6, 6.07) is 17.7. The van der Waals surface area contributed by atoms with E-state index in [1.807, 2.05) is 60.9 Å². The SMILES string of the molecule is CC(C)OC(=O)c1c(N)n(CCc2ccccc2)c2nc3ccccc3nc12. The van der Waals surface area contributed by atoms with Gasteiger partial charge in [0.25, 0.3) is 0 Å². The molecule has 4 rings (SSSR count). The van der Waals surface area contributed by atoms with Crippen LogP contribution in [0.5, 0.6) is 0 Å². The third-order valence-corrected chi connectivity index (χ3v) is 4.61. The van der Waals surface area contributed by atoms with Gasteiger partial charge in [-0.05, 0) is 38.0 Å². The number of rotatable bonds is 5. The van der Waals surface area contributed by atoms with Crippen molar-refractivity contribution in [2.75, 3.05) is 5.73 Å². The standard InChI is InChI=1S/C22H22N4O2/c1-14(2)28-22(27)18-19-21(25-17-11-7-6-10-16(17)24-19)26(20(18)23)13-12-15-8-4-3-5-9-15/h3-11,14H,12-13,23H2,1-2H3. The Kier molecular flexibility index (Phi) is 4.69. The highest BCUT2D eigenvalue weighted by Gasteiger charge is 2.25.